The maximum absolute atomic E-state index is 9.82. The van der Waals surface area contributed by atoms with Gasteiger partial charge in [-0.25, -0.2) is 0 Å². The zero-order valence-corrected chi connectivity index (χ0v) is 10.8. The number of aliphatic hydroxyl groups is 1. The smallest absolute Gasteiger partial charge is 0.0992 e. The van der Waals surface area contributed by atoms with E-state index in [4.69, 9.17) is 10.00 Å². The number of benzene rings is 1. The zero-order chi connectivity index (χ0) is 13.1. The summed E-state index contributed by atoms with van der Waals surface area (Å²) in [5.74, 6) is 0. The first kappa shape index (κ1) is 12.9. The number of nitrogens with zero attached hydrogens (tertiary/aromatic N) is 2. The number of anilines is 1. The second kappa shape index (κ2) is 5.38. The lowest BCUT2D eigenvalue weighted by Crippen LogP contribution is -2.41. The molecule has 1 aliphatic heterocycles. The van der Waals surface area contributed by atoms with E-state index in [1.165, 1.54) is 0 Å². The Labute approximate surface area is 107 Å². The highest BCUT2D eigenvalue weighted by atomic mass is 16.5. The van der Waals surface area contributed by atoms with Crippen LogP contribution in [-0.2, 0) is 4.74 Å². The molecule has 1 N–H and O–H groups in total. The Balaban J connectivity index is 2.37. The minimum absolute atomic E-state index is 0.173. The van der Waals surface area contributed by atoms with Gasteiger partial charge in [0.2, 0.25) is 0 Å². The maximum atomic E-state index is 9.82. The number of aliphatic hydroxyl groups excluding tert-OH is 1. The molecule has 96 valence electrons. The first-order valence-electron chi connectivity index (χ1n) is 6.20. The Hall–Kier alpha value is -1.57. The van der Waals surface area contributed by atoms with Crippen LogP contribution in [0.25, 0.3) is 0 Å². The van der Waals surface area contributed by atoms with Crippen LogP contribution in [0.4, 0.5) is 5.69 Å². The molecule has 0 aromatic heterocycles. The second-order valence-corrected chi connectivity index (χ2v) is 4.69. The number of ether oxygens (including phenoxy) is 1. The molecule has 2 atom stereocenters. The molecule has 0 radical (unpaired) electrons. The van der Waals surface area contributed by atoms with Gasteiger partial charge in [0.15, 0.2) is 0 Å². The summed E-state index contributed by atoms with van der Waals surface area (Å²) in [6, 6.07) is 7.57. The van der Waals surface area contributed by atoms with Crippen molar-refractivity contribution in [3.63, 3.8) is 0 Å². The predicted molar refractivity (Wildman–Crippen MR) is 69.4 cm³/mol. The molecule has 0 saturated carbocycles. The van der Waals surface area contributed by atoms with Gasteiger partial charge in [-0.3, -0.25) is 0 Å². The minimum Gasteiger partial charge on any atom is -0.389 e. The van der Waals surface area contributed by atoms with Crippen LogP contribution >= 0.6 is 0 Å². The molecule has 4 nitrogen and oxygen atoms in total. The van der Waals surface area contributed by atoms with Crippen molar-refractivity contribution in [1.29, 1.82) is 5.26 Å². The fourth-order valence-electron chi connectivity index (χ4n) is 2.28. The Kier molecular flexibility index (Phi) is 3.85. The molecule has 2 rings (SSSR count). The third-order valence-corrected chi connectivity index (χ3v) is 3.19. The van der Waals surface area contributed by atoms with E-state index < -0.39 is 6.10 Å². The fourth-order valence-corrected chi connectivity index (χ4v) is 2.28. The van der Waals surface area contributed by atoms with Crippen LogP contribution in [0.5, 0.6) is 0 Å². The normalized spacial score (nSPS) is 21.4. The summed E-state index contributed by atoms with van der Waals surface area (Å²) in [5.41, 5.74) is 2.43. The van der Waals surface area contributed by atoms with E-state index in [0.717, 1.165) is 24.3 Å². The molecule has 1 saturated heterocycles. The van der Waals surface area contributed by atoms with Gasteiger partial charge in [0.25, 0.3) is 0 Å². The first-order valence-corrected chi connectivity index (χ1v) is 6.20. The summed E-state index contributed by atoms with van der Waals surface area (Å²) in [6.45, 7) is 6.03. The van der Waals surface area contributed by atoms with Gasteiger partial charge in [0, 0.05) is 24.3 Å². The monoisotopic (exact) mass is 246 g/mol. The van der Waals surface area contributed by atoms with Crippen LogP contribution in [-0.4, -0.2) is 30.9 Å². The summed E-state index contributed by atoms with van der Waals surface area (Å²) in [7, 11) is 0. The highest BCUT2D eigenvalue weighted by Crippen LogP contribution is 2.28. The topological polar surface area (TPSA) is 56.5 Å². The van der Waals surface area contributed by atoms with Gasteiger partial charge in [-0.1, -0.05) is 6.07 Å². The lowest BCUT2D eigenvalue weighted by Gasteiger charge is -2.34. The highest BCUT2D eigenvalue weighted by molar-refractivity contribution is 5.58. The summed E-state index contributed by atoms with van der Waals surface area (Å²) in [5, 5.41) is 18.8. The van der Waals surface area contributed by atoms with Gasteiger partial charge in [-0.15, -0.1) is 0 Å². The molecule has 1 fully saturated rings. The van der Waals surface area contributed by atoms with E-state index in [2.05, 4.69) is 11.0 Å². The van der Waals surface area contributed by atoms with Crippen molar-refractivity contribution in [3.8, 4) is 6.07 Å². The third kappa shape index (κ3) is 2.63. The van der Waals surface area contributed by atoms with Crippen molar-refractivity contribution >= 4 is 5.69 Å². The minimum atomic E-state index is -0.536. The van der Waals surface area contributed by atoms with Crippen LogP contribution in [0.3, 0.4) is 0 Å². The van der Waals surface area contributed by atoms with E-state index >= 15 is 0 Å². The van der Waals surface area contributed by atoms with Crippen LogP contribution in [0.15, 0.2) is 18.2 Å². The molecule has 1 aromatic carbocycles. The molecule has 0 aliphatic carbocycles. The second-order valence-electron chi connectivity index (χ2n) is 4.69. The van der Waals surface area contributed by atoms with Gasteiger partial charge in [-0.2, -0.15) is 5.26 Å². The van der Waals surface area contributed by atoms with E-state index in [-0.39, 0.29) is 6.10 Å². The van der Waals surface area contributed by atoms with E-state index in [1.807, 2.05) is 19.1 Å². The van der Waals surface area contributed by atoms with Gasteiger partial charge in [0.1, 0.15) is 0 Å². The molecule has 1 aliphatic rings. The average molecular weight is 246 g/mol. The molecule has 18 heavy (non-hydrogen) atoms. The van der Waals surface area contributed by atoms with Crippen molar-refractivity contribution in [3.05, 3.63) is 29.3 Å². The van der Waals surface area contributed by atoms with Crippen molar-refractivity contribution in [2.24, 2.45) is 0 Å². The molecule has 0 amide bonds. The van der Waals surface area contributed by atoms with E-state index in [0.29, 0.717) is 12.2 Å². The Bertz CT molecular complexity index is 465. The van der Waals surface area contributed by atoms with E-state index in [1.54, 1.807) is 13.0 Å². The Morgan fingerprint density at radius 3 is 2.94 bits per heavy atom. The van der Waals surface area contributed by atoms with Gasteiger partial charge >= 0.3 is 0 Å². The standard InChI is InChI=1S/C14H18N2O2/c1-10-9-16(5-6-18-10)14-7-12(8-15)3-4-13(14)11(2)17/h3-4,7,10-11,17H,5-6,9H2,1-2H3/t10?,11-/m1/s1. The number of rotatable bonds is 2. The molecule has 1 heterocycles. The molecule has 4 heteroatoms. The Morgan fingerprint density at radius 2 is 2.33 bits per heavy atom. The van der Waals surface area contributed by atoms with Gasteiger partial charge in [0.05, 0.1) is 30.4 Å². The summed E-state index contributed by atoms with van der Waals surface area (Å²) in [6.07, 6.45) is -0.364. The van der Waals surface area contributed by atoms with Crippen molar-refractivity contribution in [2.75, 3.05) is 24.6 Å². The summed E-state index contributed by atoms with van der Waals surface area (Å²) >= 11 is 0. The molecule has 1 unspecified atom stereocenters. The Morgan fingerprint density at radius 1 is 1.56 bits per heavy atom. The molecule has 1 aromatic rings. The summed E-state index contributed by atoms with van der Waals surface area (Å²) in [4.78, 5) is 2.18. The third-order valence-electron chi connectivity index (χ3n) is 3.19. The van der Waals surface area contributed by atoms with Crippen LogP contribution in [0.1, 0.15) is 31.1 Å². The summed E-state index contributed by atoms with van der Waals surface area (Å²) < 4.78 is 5.52. The number of nitriles is 1. The van der Waals surface area contributed by atoms with E-state index in [9.17, 15) is 5.11 Å². The SMILES string of the molecule is CC1CN(c2cc(C#N)ccc2[C@@H](C)O)CCO1. The zero-order valence-electron chi connectivity index (χ0n) is 10.8. The molecular formula is C14H18N2O2. The van der Waals surface area contributed by atoms with Crippen molar-refractivity contribution < 1.29 is 9.84 Å². The average Bonchev–Trinajstić information content (AvgIpc) is 2.38. The van der Waals surface area contributed by atoms with Crippen LogP contribution < -0.4 is 4.90 Å². The highest BCUT2D eigenvalue weighted by Gasteiger charge is 2.21. The lowest BCUT2D eigenvalue weighted by atomic mass is 10.0. The van der Waals surface area contributed by atoms with Crippen molar-refractivity contribution in [1.82, 2.24) is 0 Å². The van der Waals surface area contributed by atoms with Crippen molar-refractivity contribution in [2.45, 2.75) is 26.1 Å². The molecule has 0 bridgehead atoms. The fraction of sp³-hybridized carbons (Fsp3) is 0.500. The van der Waals surface area contributed by atoms with Gasteiger partial charge < -0.3 is 14.7 Å². The van der Waals surface area contributed by atoms with Crippen LogP contribution in [0.2, 0.25) is 0 Å². The van der Waals surface area contributed by atoms with Crippen LogP contribution in [0, 0.1) is 11.3 Å². The quantitative estimate of drug-likeness (QED) is 0.865. The number of morpholine rings is 1. The van der Waals surface area contributed by atoms with Gasteiger partial charge in [-0.05, 0) is 26.0 Å². The number of hydrogen-bond donors (Lipinski definition) is 1. The lowest BCUT2D eigenvalue weighted by molar-refractivity contribution is 0.0529. The largest absolute Gasteiger partial charge is 0.389 e. The molecular weight excluding hydrogens is 228 g/mol. The predicted octanol–water partition coefficient (Wildman–Crippen LogP) is 1.84. The molecule has 0 spiro atoms. The first-order chi connectivity index (χ1) is 8.61. The number of hydrogen-bond acceptors (Lipinski definition) is 4. The maximum Gasteiger partial charge on any atom is 0.0992 e.